The van der Waals surface area contributed by atoms with Gasteiger partial charge in [-0.3, -0.25) is 19.3 Å². The minimum atomic E-state index is -1.03. The molecule has 0 unspecified atom stereocenters. The van der Waals surface area contributed by atoms with Crippen molar-refractivity contribution in [3.63, 3.8) is 0 Å². The van der Waals surface area contributed by atoms with Crippen LogP contribution in [-0.2, 0) is 4.79 Å². The first-order valence-electron chi connectivity index (χ1n) is 7.77. The van der Waals surface area contributed by atoms with Gasteiger partial charge in [0, 0.05) is 6.07 Å². The van der Waals surface area contributed by atoms with Gasteiger partial charge in [0.1, 0.15) is 18.9 Å². The predicted octanol–water partition coefficient (Wildman–Crippen LogP) is 1.76. The first kappa shape index (κ1) is 17.5. The van der Waals surface area contributed by atoms with Gasteiger partial charge >= 0.3 is 0 Å². The van der Waals surface area contributed by atoms with E-state index in [0.29, 0.717) is 0 Å². The van der Waals surface area contributed by atoms with Gasteiger partial charge in [0.15, 0.2) is 11.6 Å². The molecule has 8 heteroatoms. The fraction of sp³-hybridized carbons (Fsp3) is 0.167. The molecule has 0 aromatic heterocycles. The van der Waals surface area contributed by atoms with Crippen molar-refractivity contribution >= 4 is 17.7 Å². The number of ether oxygens (including phenoxy) is 1. The summed E-state index contributed by atoms with van der Waals surface area (Å²) in [6.45, 7) is -0.322. The molecule has 0 radical (unpaired) electrons. The van der Waals surface area contributed by atoms with Crippen molar-refractivity contribution in [2.45, 2.75) is 0 Å². The normalized spacial score (nSPS) is 12.9. The lowest BCUT2D eigenvalue weighted by Crippen LogP contribution is -2.41. The highest BCUT2D eigenvalue weighted by Gasteiger charge is 2.36. The summed E-state index contributed by atoms with van der Waals surface area (Å²) < 4.78 is 31.0. The van der Waals surface area contributed by atoms with Crippen LogP contribution in [0.5, 0.6) is 5.75 Å². The zero-order valence-corrected chi connectivity index (χ0v) is 13.5. The predicted molar refractivity (Wildman–Crippen MR) is 86.7 cm³/mol. The SMILES string of the molecule is O=C(CN1C(=O)c2ccccc2C1=O)NCCOc1ccc(F)c(F)c1. The molecule has 0 fully saturated rings. The zero-order chi connectivity index (χ0) is 18.7. The first-order chi connectivity index (χ1) is 12.5. The van der Waals surface area contributed by atoms with Gasteiger partial charge in [0.05, 0.1) is 17.7 Å². The summed E-state index contributed by atoms with van der Waals surface area (Å²) in [6.07, 6.45) is 0. The molecule has 1 aliphatic heterocycles. The summed E-state index contributed by atoms with van der Waals surface area (Å²) in [7, 11) is 0. The fourth-order valence-electron chi connectivity index (χ4n) is 2.51. The summed E-state index contributed by atoms with van der Waals surface area (Å²) in [4.78, 5) is 37.1. The monoisotopic (exact) mass is 360 g/mol. The Morgan fingerprint density at radius 2 is 1.65 bits per heavy atom. The van der Waals surface area contributed by atoms with Gasteiger partial charge in [-0.05, 0) is 24.3 Å². The van der Waals surface area contributed by atoms with Crippen LogP contribution in [0.4, 0.5) is 8.78 Å². The molecule has 0 saturated heterocycles. The second kappa shape index (κ2) is 7.30. The lowest BCUT2D eigenvalue weighted by Gasteiger charge is -2.14. The average Bonchev–Trinajstić information content (AvgIpc) is 2.87. The molecule has 2 aromatic rings. The molecule has 1 heterocycles. The summed E-state index contributed by atoms with van der Waals surface area (Å²) in [5.74, 6) is -3.45. The third-order valence-corrected chi connectivity index (χ3v) is 3.76. The number of rotatable bonds is 6. The smallest absolute Gasteiger partial charge is 0.262 e. The van der Waals surface area contributed by atoms with Crippen molar-refractivity contribution in [2.75, 3.05) is 19.7 Å². The highest BCUT2D eigenvalue weighted by Crippen LogP contribution is 2.21. The lowest BCUT2D eigenvalue weighted by atomic mass is 10.1. The van der Waals surface area contributed by atoms with E-state index in [-0.39, 0.29) is 30.0 Å². The van der Waals surface area contributed by atoms with E-state index in [2.05, 4.69) is 5.32 Å². The number of carbonyl (C=O) groups excluding carboxylic acids is 3. The molecule has 2 aromatic carbocycles. The van der Waals surface area contributed by atoms with Gasteiger partial charge < -0.3 is 10.1 Å². The fourth-order valence-corrected chi connectivity index (χ4v) is 2.51. The van der Waals surface area contributed by atoms with Crippen molar-refractivity contribution in [1.82, 2.24) is 10.2 Å². The number of fused-ring (bicyclic) bond motifs is 1. The van der Waals surface area contributed by atoms with Crippen LogP contribution in [0.1, 0.15) is 20.7 Å². The number of hydrogen-bond donors (Lipinski definition) is 1. The van der Waals surface area contributed by atoms with Crippen LogP contribution in [0.2, 0.25) is 0 Å². The van der Waals surface area contributed by atoms with Gasteiger partial charge in [-0.15, -0.1) is 0 Å². The Hall–Kier alpha value is -3.29. The maximum atomic E-state index is 13.0. The van der Waals surface area contributed by atoms with Crippen LogP contribution in [0.25, 0.3) is 0 Å². The van der Waals surface area contributed by atoms with Crippen molar-refractivity contribution in [3.8, 4) is 5.75 Å². The number of benzene rings is 2. The zero-order valence-electron chi connectivity index (χ0n) is 13.5. The van der Waals surface area contributed by atoms with Crippen LogP contribution in [0.15, 0.2) is 42.5 Å². The summed E-state index contributed by atoms with van der Waals surface area (Å²) in [5.41, 5.74) is 0.541. The molecule has 1 aliphatic rings. The number of hydrogen-bond acceptors (Lipinski definition) is 4. The van der Waals surface area contributed by atoms with Gasteiger partial charge in [0.25, 0.3) is 11.8 Å². The molecule has 134 valence electrons. The van der Waals surface area contributed by atoms with Gasteiger partial charge in [-0.1, -0.05) is 12.1 Å². The Balaban J connectivity index is 1.47. The molecule has 6 nitrogen and oxygen atoms in total. The quantitative estimate of drug-likeness (QED) is 0.629. The number of nitrogens with one attached hydrogen (secondary N) is 1. The highest BCUT2D eigenvalue weighted by atomic mass is 19.2. The van der Waals surface area contributed by atoms with E-state index < -0.39 is 35.9 Å². The van der Waals surface area contributed by atoms with Crippen molar-refractivity contribution < 1.29 is 27.9 Å². The summed E-state index contributed by atoms with van der Waals surface area (Å²) in [6, 6.07) is 9.44. The molecule has 0 bridgehead atoms. The van der Waals surface area contributed by atoms with Crippen LogP contribution in [0.3, 0.4) is 0 Å². The van der Waals surface area contributed by atoms with E-state index in [0.717, 1.165) is 17.0 Å². The number of carbonyl (C=O) groups is 3. The largest absolute Gasteiger partial charge is 0.492 e. The van der Waals surface area contributed by atoms with E-state index in [9.17, 15) is 23.2 Å². The Morgan fingerprint density at radius 3 is 2.27 bits per heavy atom. The van der Waals surface area contributed by atoms with Crippen LogP contribution in [-0.4, -0.2) is 42.3 Å². The maximum absolute atomic E-state index is 13.0. The Morgan fingerprint density at radius 1 is 1.00 bits per heavy atom. The molecule has 1 N–H and O–H groups in total. The minimum Gasteiger partial charge on any atom is -0.492 e. The van der Waals surface area contributed by atoms with Crippen LogP contribution >= 0.6 is 0 Å². The van der Waals surface area contributed by atoms with Gasteiger partial charge in [-0.2, -0.15) is 0 Å². The molecule has 26 heavy (non-hydrogen) atoms. The van der Waals surface area contributed by atoms with Crippen LogP contribution in [0, 0.1) is 11.6 Å². The highest BCUT2D eigenvalue weighted by molar-refractivity contribution is 6.22. The Kier molecular flexibility index (Phi) is 4.92. The van der Waals surface area contributed by atoms with E-state index in [1.165, 1.54) is 18.2 Å². The Labute approximate surface area is 147 Å². The van der Waals surface area contributed by atoms with Gasteiger partial charge in [0.2, 0.25) is 5.91 Å². The second-order valence-electron chi connectivity index (χ2n) is 5.52. The van der Waals surface area contributed by atoms with E-state index >= 15 is 0 Å². The summed E-state index contributed by atoms with van der Waals surface area (Å²) >= 11 is 0. The molecule has 0 aliphatic carbocycles. The average molecular weight is 360 g/mol. The number of halogens is 2. The maximum Gasteiger partial charge on any atom is 0.262 e. The molecular weight excluding hydrogens is 346 g/mol. The van der Waals surface area contributed by atoms with E-state index in [4.69, 9.17) is 4.74 Å². The molecule has 3 rings (SSSR count). The number of amides is 3. The van der Waals surface area contributed by atoms with Crippen molar-refractivity contribution in [2.24, 2.45) is 0 Å². The van der Waals surface area contributed by atoms with E-state index in [1.54, 1.807) is 12.1 Å². The third kappa shape index (κ3) is 3.53. The van der Waals surface area contributed by atoms with Crippen LogP contribution < -0.4 is 10.1 Å². The van der Waals surface area contributed by atoms with Crippen molar-refractivity contribution in [3.05, 3.63) is 65.2 Å². The topological polar surface area (TPSA) is 75.7 Å². The summed E-state index contributed by atoms with van der Waals surface area (Å²) in [5, 5.41) is 2.50. The molecule has 0 atom stereocenters. The molecule has 0 spiro atoms. The second-order valence-corrected chi connectivity index (χ2v) is 5.52. The molecular formula is C18H14F2N2O4. The molecule has 3 amide bonds. The molecule has 0 saturated carbocycles. The van der Waals surface area contributed by atoms with Crippen molar-refractivity contribution in [1.29, 1.82) is 0 Å². The number of nitrogens with zero attached hydrogens (tertiary/aromatic N) is 1. The Bertz CT molecular complexity index is 850. The third-order valence-electron chi connectivity index (χ3n) is 3.76. The minimum absolute atomic E-state index is 0.0128. The van der Waals surface area contributed by atoms with Gasteiger partial charge in [-0.25, -0.2) is 8.78 Å². The number of imide groups is 1. The standard InChI is InChI=1S/C18H14F2N2O4/c19-14-6-5-11(9-15(14)20)26-8-7-21-16(23)10-22-17(24)12-3-1-2-4-13(12)18(22)25/h1-6,9H,7-8,10H2,(H,21,23). The first-order valence-corrected chi connectivity index (χ1v) is 7.77. The lowest BCUT2D eigenvalue weighted by molar-refractivity contribution is -0.121. The van der Waals surface area contributed by atoms with E-state index in [1.807, 2.05) is 0 Å².